The van der Waals surface area contributed by atoms with Crippen LogP contribution in [0.5, 0.6) is 5.75 Å². The second kappa shape index (κ2) is 6.96. The van der Waals surface area contributed by atoms with Crippen molar-refractivity contribution in [3.63, 3.8) is 0 Å². The Labute approximate surface area is 156 Å². The number of benzene rings is 2. The SMILES string of the molecule is COc1ccc(-n2nc(C(=O)c3ccco3)cc2-c2ccc(C)cc2)cc1. The fourth-order valence-corrected chi connectivity index (χ4v) is 2.88. The molecule has 4 aromatic rings. The number of methoxy groups -OCH3 is 1. The van der Waals surface area contributed by atoms with E-state index in [0.29, 0.717) is 5.69 Å². The molecular formula is C22H18N2O3. The lowest BCUT2D eigenvalue weighted by Gasteiger charge is -2.08. The van der Waals surface area contributed by atoms with Crippen LogP contribution < -0.4 is 4.74 Å². The Kier molecular flexibility index (Phi) is 4.34. The van der Waals surface area contributed by atoms with Gasteiger partial charge in [0.2, 0.25) is 5.78 Å². The molecule has 2 heterocycles. The van der Waals surface area contributed by atoms with Crippen molar-refractivity contribution in [3.05, 3.63) is 90.0 Å². The van der Waals surface area contributed by atoms with E-state index in [9.17, 15) is 4.79 Å². The third kappa shape index (κ3) is 3.27. The Morgan fingerprint density at radius 2 is 1.78 bits per heavy atom. The van der Waals surface area contributed by atoms with E-state index in [2.05, 4.69) is 5.10 Å². The highest BCUT2D eigenvalue weighted by molar-refractivity contribution is 6.06. The monoisotopic (exact) mass is 358 g/mol. The highest BCUT2D eigenvalue weighted by Gasteiger charge is 2.20. The van der Waals surface area contributed by atoms with Gasteiger partial charge < -0.3 is 9.15 Å². The van der Waals surface area contributed by atoms with Gasteiger partial charge in [-0.1, -0.05) is 29.8 Å². The largest absolute Gasteiger partial charge is 0.497 e. The number of ether oxygens (including phenoxy) is 1. The van der Waals surface area contributed by atoms with Crippen LogP contribution in [0.25, 0.3) is 16.9 Å². The standard InChI is InChI=1S/C22H18N2O3/c1-15-5-7-16(8-6-15)20-14-19(22(25)21-4-3-13-27-21)23-24(20)17-9-11-18(26-2)12-10-17/h3-14H,1-2H3. The van der Waals surface area contributed by atoms with Gasteiger partial charge in [0, 0.05) is 5.56 Å². The third-order valence-electron chi connectivity index (χ3n) is 4.35. The van der Waals surface area contributed by atoms with Crippen molar-refractivity contribution < 1.29 is 13.9 Å². The number of furan rings is 1. The fraction of sp³-hybridized carbons (Fsp3) is 0.0909. The first-order valence-corrected chi connectivity index (χ1v) is 8.55. The van der Waals surface area contributed by atoms with E-state index in [1.54, 1.807) is 30.0 Å². The van der Waals surface area contributed by atoms with E-state index < -0.39 is 0 Å². The molecule has 4 rings (SSSR count). The molecule has 0 atom stereocenters. The van der Waals surface area contributed by atoms with Crippen LogP contribution in [0.15, 0.2) is 77.4 Å². The molecule has 0 saturated carbocycles. The number of aromatic nitrogens is 2. The van der Waals surface area contributed by atoms with E-state index in [1.165, 1.54) is 11.8 Å². The van der Waals surface area contributed by atoms with Crippen LogP contribution in [0.3, 0.4) is 0 Å². The summed E-state index contributed by atoms with van der Waals surface area (Å²) in [5.41, 5.74) is 4.14. The van der Waals surface area contributed by atoms with Crippen molar-refractivity contribution in [2.75, 3.05) is 7.11 Å². The number of ketones is 1. The molecule has 2 aromatic heterocycles. The van der Waals surface area contributed by atoms with Gasteiger partial charge in [0.25, 0.3) is 0 Å². The molecule has 0 amide bonds. The van der Waals surface area contributed by atoms with Gasteiger partial charge in [-0.2, -0.15) is 5.10 Å². The van der Waals surface area contributed by atoms with Gasteiger partial charge in [-0.05, 0) is 49.4 Å². The molecule has 0 saturated heterocycles. The topological polar surface area (TPSA) is 57.3 Å². The first-order valence-electron chi connectivity index (χ1n) is 8.55. The highest BCUT2D eigenvalue weighted by Crippen LogP contribution is 2.26. The van der Waals surface area contributed by atoms with Crippen molar-refractivity contribution in [2.45, 2.75) is 6.92 Å². The van der Waals surface area contributed by atoms with Crippen LogP contribution in [0.4, 0.5) is 0 Å². The van der Waals surface area contributed by atoms with E-state index in [-0.39, 0.29) is 11.5 Å². The number of rotatable bonds is 5. The summed E-state index contributed by atoms with van der Waals surface area (Å²) in [5.74, 6) is 0.778. The molecule has 0 spiro atoms. The number of hydrogen-bond donors (Lipinski definition) is 0. The van der Waals surface area contributed by atoms with Crippen LogP contribution in [0, 0.1) is 6.92 Å². The quantitative estimate of drug-likeness (QED) is 0.486. The molecular weight excluding hydrogens is 340 g/mol. The summed E-state index contributed by atoms with van der Waals surface area (Å²) in [7, 11) is 1.63. The van der Waals surface area contributed by atoms with Gasteiger partial charge in [-0.3, -0.25) is 4.79 Å². The predicted octanol–water partition coefficient (Wildman–Crippen LogP) is 4.68. The van der Waals surface area contributed by atoms with Gasteiger partial charge in [0.1, 0.15) is 11.4 Å². The molecule has 27 heavy (non-hydrogen) atoms. The lowest BCUT2D eigenvalue weighted by molar-refractivity contribution is 0.100. The minimum atomic E-state index is -0.249. The Balaban J connectivity index is 1.84. The summed E-state index contributed by atoms with van der Waals surface area (Å²) >= 11 is 0. The Morgan fingerprint density at radius 3 is 2.41 bits per heavy atom. The van der Waals surface area contributed by atoms with Gasteiger partial charge in [-0.15, -0.1) is 0 Å². The maximum Gasteiger partial charge on any atom is 0.248 e. The average Bonchev–Trinajstić information content (AvgIpc) is 3.38. The van der Waals surface area contributed by atoms with E-state index in [4.69, 9.17) is 9.15 Å². The van der Waals surface area contributed by atoms with Crippen molar-refractivity contribution in [1.29, 1.82) is 0 Å². The zero-order valence-corrected chi connectivity index (χ0v) is 15.0. The first-order chi connectivity index (χ1) is 13.2. The Hall–Kier alpha value is -3.60. The zero-order chi connectivity index (χ0) is 18.8. The Morgan fingerprint density at radius 1 is 1.04 bits per heavy atom. The molecule has 0 aliphatic heterocycles. The number of aryl methyl sites for hydroxylation is 1. The summed E-state index contributed by atoms with van der Waals surface area (Å²) in [6.07, 6.45) is 1.48. The highest BCUT2D eigenvalue weighted by atomic mass is 16.5. The molecule has 134 valence electrons. The average molecular weight is 358 g/mol. The van der Waals surface area contributed by atoms with Gasteiger partial charge >= 0.3 is 0 Å². The summed E-state index contributed by atoms with van der Waals surface area (Å²) in [4.78, 5) is 12.7. The van der Waals surface area contributed by atoms with E-state index >= 15 is 0 Å². The van der Waals surface area contributed by atoms with Gasteiger partial charge in [0.15, 0.2) is 5.76 Å². The maximum absolute atomic E-state index is 12.7. The van der Waals surface area contributed by atoms with Crippen LogP contribution in [0.1, 0.15) is 21.8 Å². The molecule has 0 radical (unpaired) electrons. The van der Waals surface area contributed by atoms with Gasteiger partial charge in [0.05, 0.1) is 24.8 Å². The van der Waals surface area contributed by atoms with E-state index in [1.807, 2.05) is 55.5 Å². The molecule has 0 aliphatic carbocycles. The van der Waals surface area contributed by atoms with Crippen molar-refractivity contribution >= 4 is 5.78 Å². The minimum absolute atomic E-state index is 0.249. The van der Waals surface area contributed by atoms with Crippen LogP contribution >= 0.6 is 0 Å². The third-order valence-corrected chi connectivity index (χ3v) is 4.35. The normalized spacial score (nSPS) is 10.7. The molecule has 0 N–H and O–H groups in total. The minimum Gasteiger partial charge on any atom is -0.497 e. The Bertz CT molecular complexity index is 1060. The smallest absolute Gasteiger partial charge is 0.248 e. The summed E-state index contributed by atoms with van der Waals surface area (Å²) in [5, 5.41) is 4.56. The lowest BCUT2D eigenvalue weighted by atomic mass is 10.1. The molecule has 0 aliphatic rings. The number of nitrogens with zero attached hydrogens (tertiary/aromatic N) is 2. The van der Waals surface area contributed by atoms with Gasteiger partial charge in [-0.25, -0.2) is 4.68 Å². The van der Waals surface area contributed by atoms with E-state index in [0.717, 1.165) is 22.7 Å². The molecule has 5 nitrogen and oxygen atoms in total. The van der Waals surface area contributed by atoms with Crippen molar-refractivity contribution in [2.24, 2.45) is 0 Å². The summed E-state index contributed by atoms with van der Waals surface area (Å²) in [6.45, 7) is 2.04. The second-order valence-corrected chi connectivity index (χ2v) is 6.20. The van der Waals surface area contributed by atoms with Crippen molar-refractivity contribution in [1.82, 2.24) is 9.78 Å². The molecule has 0 bridgehead atoms. The molecule has 5 heteroatoms. The van der Waals surface area contributed by atoms with Crippen molar-refractivity contribution in [3.8, 4) is 22.7 Å². The first kappa shape index (κ1) is 16.8. The molecule has 0 unspecified atom stereocenters. The number of carbonyl (C=O) groups is 1. The zero-order valence-electron chi connectivity index (χ0n) is 15.0. The number of hydrogen-bond acceptors (Lipinski definition) is 4. The molecule has 2 aromatic carbocycles. The number of carbonyl (C=O) groups excluding carboxylic acids is 1. The predicted molar refractivity (Wildman–Crippen MR) is 102 cm³/mol. The van der Waals surface area contributed by atoms with Crippen LogP contribution in [-0.2, 0) is 0 Å². The lowest BCUT2D eigenvalue weighted by Crippen LogP contribution is -2.03. The maximum atomic E-state index is 12.7. The second-order valence-electron chi connectivity index (χ2n) is 6.20. The summed E-state index contributed by atoms with van der Waals surface area (Å²) in [6, 6.07) is 20.8. The summed E-state index contributed by atoms with van der Waals surface area (Å²) < 4.78 is 12.2. The fourth-order valence-electron chi connectivity index (χ4n) is 2.88. The van der Waals surface area contributed by atoms with Crippen LogP contribution in [0.2, 0.25) is 0 Å². The molecule has 0 fully saturated rings. The van der Waals surface area contributed by atoms with Crippen LogP contribution in [-0.4, -0.2) is 22.7 Å².